The molecular weight excluding hydrogens is 404 g/mol. The first kappa shape index (κ1) is 23.1. The average Bonchev–Trinajstić information content (AvgIpc) is 3.09. The molecule has 11 nitrogen and oxygen atoms in total. The van der Waals surface area contributed by atoms with Gasteiger partial charge in [0.05, 0.1) is 18.0 Å². The number of aliphatic hydroxyl groups excluding tert-OH is 1. The molecule has 160 valence electrons. The Hall–Kier alpha value is -4.17. The average molecular weight is 424 g/mol. The number of ether oxygens (including phenoxy) is 1. The third kappa shape index (κ3) is 5.26. The molecule has 0 radical (unpaired) electrons. The molecule has 3 rings (SSSR count). The van der Waals surface area contributed by atoms with Crippen LogP contribution in [0.25, 0.3) is 11.3 Å². The van der Waals surface area contributed by atoms with Crippen LogP contribution in [0, 0.1) is 11.3 Å². The lowest BCUT2D eigenvalue weighted by Crippen LogP contribution is -2.32. The smallest absolute Gasteiger partial charge is 0.325 e. The van der Waals surface area contributed by atoms with Crippen LogP contribution >= 0.6 is 0 Å². The van der Waals surface area contributed by atoms with Crippen molar-refractivity contribution in [2.75, 3.05) is 26.8 Å². The molecule has 1 aromatic heterocycles. The zero-order chi connectivity index (χ0) is 23.0. The van der Waals surface area contributed by atoms with Crippen LogP contribution in [0.4, 0.5) is 0 Å². The number of esters is 1. The van der Waals surface area contributed by atoms with E-state index in [0.717, 1.165) is 11.1 Å². The number of nitriles is 1. The maximum absolute atomic E-state index is 11.4. The Labute approximate surface area is 177 Å². The quantitative estimate of drug-likeness (QED) is 0.460. The largest absolute Gasteiger partial charge is 0.465 e. The number of aliphatic hydroxyl groups is 1. The van der Waals surface area contributed by atoms with Crippen molar-refractivity contribution >= 4 is 23.5 Å². The zero-order valence-corrected chi connectivity index (χ0v) is 16.9. The van der Waals surface area contributed by atoms with E-state index in [4.69, 9.17) is 16.1 Å². The summed E-state index contributed by atoms with van der Waals surface area (Å²) in [6.07, 6.45) is 0. The summed E-state index contributed by atoms with van der Waals surface area (Å²) >= 11 is 0. The fraction of sp³-hybridized carbons (Fsp3) is 0.250. The van der Waals surface area contributed by atoms with Crippen LogP contribution in [0.5, 0.6) is 0 Å². The van der Waals surface area contributed by atoms with E-state index in [9.17, 15) is 14.4 Å². The maximum Gasteiger partial charge on any atom is 0.325 e. The second-order valence-electron chi connectivity index (χ2n) is 5.95. The minimum Gasteiger partial charge on any atom is -0.465 e. The van der Waals surface area contributed by atoms with Gasteiger partial charge in [-0.1, -0.05) is 24.3 Å². The Morgan fingerprint density at radius 1 is 1.23 bits per heavy atom. The van der Waals surface area contributed by atoms with E-state index in [0.29, 0.717) is 17.1 Å². The lowest BCUT2D eigenvalue weighted by atomic mass is 10.1. The molecule has 4 N–H and O–H groups in total. The number of aliphatic imine (C=N–C) groups is 1. The van der Waals surface area contributed by atoms with E-state index in [1.165, 1.54) is 0 Å². The molecule has 0 spiro atoms. The number of nitrogens with one attached hydrogen (secondary N) is 1. The number of aromatic nitrogens is 2. The van der Waals surface area contributed by atoms with Gasteiger partial charge < -0.3 is 20.9 Å². The van der Waals surface area contributed by atoms with Gasteiger partial charge in [0.25, 0.3) is 5.91 Å². The van der Waals surface area contributed by atoms with Gasteiger partial charge in [-0.3, -0.25) is 19.4 Å². The van der Waals surface area contributed by atoms with Crippen LogP contribution in [0.2, 0.25) is 0 Å². The highest BCUT2D eigenvalue weighted by Gasteiger charge is 2.29. The standard InChI is InChI=1S/C14H9N5O.C6H11NO4/c1-17-10-7-4-2-3-5-8(7)11-13(10)18-9(6-15)12(19-11)14(16)20;1-2-11-6(10)3-7-5(9)4-8/h2-5H,1H3,(H2,16,20);8H,2-4H2,1H3,(H,7,9). The number of amides is 2. The fourth-order valence-electron chi connectivity index (χ4n) is 2.73. The third-order valence-electron chi connectivity index (χ3n) is 4.00. The van der Waals surface area contributed by atoms with Crippen molar-refractivity contribution in [3.05, 3.63) is 46.9 Å². The van der Waals surface area contributed by atoms with Crippen molar-refractivity contribution in [2.45, 2.75) is 6.92 Å². The van der Waals surface area contributed by atoms with E-state index in [-0.39, 0.29) is 24.5 Å². The lowest BCUT2D eigenvalue weighted by molar-refractivity contribution is -0.143. The van der Waals surface area contributed by atoms with Crippen molar-refractivity contribution in [2.24, 2.45) is 10.7 Å². The van der Waals surface area contributed by atoms with E-state index in [1.54, 1.807) is 14.0 Å². The minimum atomic E-state index is -0.767. The molecule has 0 saturated carbocycles. The van der Waals surface area contributed by atoms with Crippen LogP contribution in [-0.4, -0.2) is 65.4 Å². The van der Waals surface area contributed by atoms with Crippen molar-refractivity contribution in [3.8, 4) is 17.3 Å². The van der Waals surface area contributed by atoms with Crippen molar-refractivity contribution < 1.29 is 24.2 Å². The normalized spacial score (nSPS) is 12.0. The second kappa shape index (κ2) is 10.6. The molecule has 0 fully saturated rings. The highest BCUT2D eigenvalue weighted by Crippen LogP contribution is 2.34. The van der Waals surface area contributed by atoms with E-state index in [1.807, 2.05) is 30.3 Å². The number of carbonyl (C=O) groups is 3. The van der Waals surface area contributed by atoms with Crippen LogP contribution < -0.4 is 11.1 Å². The third-order valence-corrected chi connectivity index (χ3v) is 4.00. The highest BCUT2D eigenvalue weighted by molar-refractivity contribution is 6.23. The van der Waals surface area contributed by atoms with Crippen LogP contribution in [0.3, 0.4) is 0 Å². The van der Waals surface area contributed by atoms with E-state index >= 15 is 0 Å². The monoisotopic (exact) mass is 424 g/mol. The van der Waals surface area contributed by atoms with Gasteiger partial charge in [-0.05, 0) is 6.92 Å². The summed E-state index contributed by atoms with van der Waals surface area (Å²) in [7, 11) is 1.65. The van der Waals surface area contributed by atoms with Crippen molar-refractivity contribution in [1.29, 1.82) is 5.26 Å². The van der Waals surface area contributed by atoms with Gasteiger partial charge in [0, 0.05) is 18.2 Å². The Bertz CT molecular complexity index is 1090. The van der Waals surface area contributed by atoms with Gasteiger partial charge in [0.15, 0.2) is 11.4 Å². The molecule has 0 bridgehead atoms. The lowest BCUT2D eigenvalue weighted by Gasteiger charge is -2.03. The minimum absolute atomic E-state index is 0.0785. The van der Waals surface area contributed by atoms with Crippen LogP contribution in [-0.2, 0) is 14.3 Å². The molecule has 0 unspecified atom stereocenters. The first-order valence-corrected chi connectivity index (χ1v) is 9.09. The van der Waals surface area contributed by atoms with Gasteiger partial charge in [0.1, 0.15) is 24.9 Å². The number of rotatable bonds is 5. The number of benzene rings is 1. The van der Waals surface area contributed by atoms with E-state index in [2.05, 4.69) is 25.0 Å². The fourth-order valence-corrected chi connectivity index (χ4v) is 2.73. The number of primary amides is 1. The first-order valence-electron chi connectivity index (χ1n) is 9.09. The zero-order valence-electron chi connectivity index (χ0n) is 16.9. The number of nitrogens with two attached hydrogens (primary N) is 1. The van der Waals surface area contributed by atoms with Crippen molar-refractivity contribution in [1.82, 2.24) is 15.3 Å². The first-order chi connectivity index (χ1) is 14.9. The summed E-state index contributed by atoms with van der Waals surface area (Å²) in [5, 5.41) is 19.4. The second-order valence-corrected chi connectivity index (χ2v) is 5.95. The molecule has 1 aliphatic rings. The molecule has 1 aliphatic carbocycles. The Balaban J connectivity index is 0.000000267. The van der Waals surface area contributed by atoms with Gasteiger partial charge >= 0.3 is 5.97 Å². The highest BCUT2D eigenvalue weighted by atomic mass is 16.5. The number of hydrogen-bond acceptors (Lipinski definition) is 9. The van der Waals surface area contributed by atoms with Gasteiger partial charge in [0.2, 0.25) is 5.91 Å². The van der Waals surface area contributed by atoms with Gasteiger partial charge in [-0.2, -0.15) is 5.26 Å². The molecular formula is C20H20N6O5. The summed E-state index contributed by atoms with van der Waals surface area (Å²) in [6.45, 7) is 1.16. The van der Waals surface area contributed by atoms with Gasteiger partial charge in [-0.15, -0.1) is 0 Å². The molecule has 2 aromatic rings. The maximum atomic E-state index is 11.4. The van der Waals surface area contributed by atoms with Gasteiger partial charge in [-0.25, -0.2) is 9.97 Å². The molecule has 1 heterocycles. The summed E-state index contributed by atoms with van der Waals surface area (Å²) in [6, 6.07) is 9.37. The number of hydrogen-bond donors (Lipinski definition) is 3. The van der Waals surface area contributed by atoms with E-state index < -0.39 is 24.4 Å². The summed E-state index contributed by atoms with van der Waals surface area (Å²) in [5.41, 5.74) is 8.49. The molecule has 31 heavy (non-hydrogen) atoms. The predicted molar refractivity (Wildman–Crippen MR) is 109 cm³/mol. The van der Waals surface area contributed by atoms with Crippen LogP contribution in [0.1, 0.15) is 34.4 Å². The van der Waals surface area contributed by atoms with Crippen molar-refractivity contribution in [3.63, 3.8) is 0 Å². The topological polar surface area (TPSA) is 181 Å². The molecule has 1 aromatic carbocycles. The molecule has 0 saturated heterocycles. The summed E-state index contributed by atoms with van der Waals surface area (Å²) in [4.78, 5) is 44.9. The SMILES string of the molecule is CCOC(=O)CNC(=O)CO.CN=C1c2ccccc2-c2nc(C(N)=O)c(C#N)nc21. The summed E-state index contributed by atoms with van der Waals surface area (Å²) < 4.78 is 4.50. The molecule has 0 aliphatic heterocycles. The molecule has 11 heteroatoms. The molecule has 2 amide bonds. The number of carbonyl (C=O) groups excluding carboxylic acids is 3. The number of nitrogens with zero attached hydrogens (tertiary/aromatic N) is 4. The Kier molecular flexibility index (Phi) is 7.87. The van der Waals surface area contributed by atoms with Crippen LogP contribution in [0.15, 0.2) is 29.3 Å². The summed E-state index contributed by atoms with van der Waals surface area (Å²) in [5.74, 6) is -1.86. The predicted octanol–water partition coefficient (Wildman–Crippen LogP) is -0.447. The Morgan fingerprint density at radius 2 is 1.90 bits per heavy atom. The number of fused-ring (bicyclic) bond motifs is 3. The molecule has 0 atom stereocenters. The Morgan fingerprint density at radius 3 is 2.45 bits per heavy atom.